The lowest BCUT2D eigenvalue weighted by Gasteiger charge is -1.96. The van der Waals surface area contributed by atoms with E-state index in [1.807, 2.05) is 0 Å². The van der Waals surface area contributed by atoms with Gasteiger partial charge in [-0.05, 0) is 36.2 Å². The van der Waals surface area contributed by atoms with Gasteiger partial charge in [-0.1, -0.05) is 0 Å². The molecule has 1 aromatic carbocycles. The molecule has 1 rings (SSSR count). The van der Waals surface area contributed by atoms with Gasteiger partial charge in [0, 0.05) is 0 Å². The van der Waals surface area contributed by atoms with E-state index in [0.717, 1.165) is 5.56 Å². The number of hydrogen-bond acceptors (Lipinski definition) is 2. The summed E-state index contributed by atoms with van der Waals surface area (Å²) in [6.07, 6.45) is 0. The summed E-state index contributed by atoms with van der Waals surface area (Å²) >= 11 is 0. The standard InChI is InChI=1S/C7H7N2O/c1-5-4-6(10)2-3-7(5)9-8/h2-4,10H,1H3. The molecule has 0 saturated heterocycles. The molecule has 0 aliphatic heterocycles. The third-order valence-corrected chi connectivity index (χ3v) is 1.29. The maximum Gasteiger partial charge on any atom is 0.115 e. The normalized spacial score (nSPS) is 9.30. The van der Waals surface area contributed by atoms with Crippen molar-refractivity contribution in [3.8, 4) is 5.75 Å². The second-order valence-corrected chi connectivity index (χ2v) is 2.07. The van der Waals surface area contributed by atoms with Crippen molar-refractivity contribution in [1.82, 2.24) is 5.53 Å². The number of phenols is 1. The minimum atomic E-state index is 0.185. The molecule has 0 amide bonds. The average molecular weight is 135 g/mol. The molecule has 0 spiro atoms. The second-order valence-electron chi connectivity index (χ2n) is 2.07. The second kappa shape index (κ2) is 2.47. The van der Waals surface area contributed by atoms with Gasteiger partial charge in [0.15, 0.2) is 0 Å². The molecule has 0 saturated carbocycles. The summed E-state index contributed by atoms with van der Waals surface area (Å²) in [5.41, 5.74) is 9.59. The average Bonchev–Trinajstić information content (AvgIpc) is 1.88. The zero-order valence-corrected chi connectivity index (χ0v) is 5.57. The van der Waals surface area contributed by atoms with Crippen molar-refractivity contribution in [2.24, 2.45) is 5.11 Å². The van der Waals surface area contributed by atoms with Gasteiger partial charge >= 0.3 is 0 Å². The Morgan fingerprint density at radius 3 is 2.70 bits per heavy atom. The number of phenolic OH excluding ortho intramolecular Hbond substituents is 1. The maximum absolute atomic E-state index is 8.91. The SMILES string of the molecule is Cc1cc(O)ccc1N=[N]. The van der Waals surface area contributed by atoms with Crippen LogP contribution in [0.25, 0.3) is 0 Å². The van der Waals surface area contributed by atoms with Crippen LogP contribution in [0.5, 0.6) is 5.75 Å². The summed E-state index contributed by atoms with van der Waals surface area (Å²) in [4.78, 5) is 0. The van der Waals surface area contributed by atoms with Gasteiger partial charge in [0.05, 0.1) is 5.69 Å². The fourth-order valence-corrected chi connectivity index (χ4v) is 0.752. The highest BCUT2D eigenvalue weighted by Gasteiger charge is 1.95. The molecule has 0 atom stereocenters. The quantitative estimate of drug-likeness (QED) is 0.584. The molecule has 0 aromatic heterocycles. The molecule has 0 unspecified atom stereocenters. The molecule has 0 heterocycles. The summed E-state index contributed by atoms with van der Waals surface area (Å²) in [5, 5.41) is 11.9. The topological polar surface area (TPSA) is 54.9 Å². The van der Waals surface area contributed by atoms with Crippen LogP contribution in [0.1, 0.15) is 5.56 Å². The Bertz CT molecular complexity index is 258. The Hall–Kier alpha value is -1.38. The number of aryl methyl sites for hydroxylation is 1. The number of aromatic hydroxyl groups is 1. The molecule has 1 N–H and O–H groups in total. The fourth-order valence-electron chi connectivity index (χ4n) is 0.752. The van der Waals surface area contributed by atoms with Crippen LogP contribution in [0.2, 0.25) is 0 Å². The highest BCUT2D eigenvalue weighted by atomic mass is 16.3. The smallest absolute Gasteiger partial charge is 0.115 e. The zero-order chi connectivity index (χ0) is 7.56. The lowest BCUT2D eigenvalue weighted by molar-refractivity contribution is 0.475. The summed E-state index contributed by atoms with van der Waals surface area (Å²) in [5.74, 6) is 0.185. The molecular formula is C7H7N2O. The molecule has 0 aliphatic carbocycles. The van der Waals surface area contributed by atoms with Crippen molar-refractivity contribution in [2.45, 2.75) is 6.92 Å². The van der Waals surface area contributed by atoms with Crippen molar-refractivity contribution < 1.29 is 5.11 Å². The van der Waals surface area contributed by atoms with E-state index in [-0.39, 0.29) is 5.75 Å². The Morgan fingerprint density at radius 2 is 2.20 bits per heavy atom. The molecule has 0 aliphatic rings. The van der Waals surface area contributed by atoms with E-state index in [2.05, 4.69) is 5.11 Å². The van der Waals surface area contributed by atoms with E-state index in [0.29, 0.717) is 5.69 Å². The summed E-state index contributed by atoms with van der Waals surface area (Å²) < 4.78 is 0. The molecular weight excluding hydrogens is 128 g/mol. The van der Waals surface area contributed by atoms with Crippen LogP contribution in [0.3, 0.4) is 0 Å². The van der Waals surface area contributed by atoms with Gasteiger partial charge in [0.2, 0.25) is 0 Å². The van der Waals surface area contributed by atoms with E-state index in [9.17, 15) is 0 Å². The third-order valence-electron chi connectivity index (χ3n) is 1.29. The van der Waals surface area contributed by atoms with Gasteiger partial charge in [-0.2, -0.15) is 0 Å². The number of nitrogens with zero attached hydrogens (tertiary/aromatic N) is 2. The minimum Gasteiger partial charge on any atom is -0.508 e. The van der Waals surface area contributed by atoms with Crippen LogP contribution in [0.15, 0.2) is 23.3 Å². The van der Waals surface area contributed by atoms with E-state index >= 15 is 0 Å². The van der Waals surface area contributed by atoms with Crippen molar-refractivity contribution in [3.05, 3.63) is 23.8 Å². The molecule has 3 heteroatoms. The van der Waals surface area contributed by atoms with Crippen molar-refractivity contribution in [3.63, 3.8) is 0 Å². The van der Waals surface area contributed by atoms with E-state index in [4.69, 9.17) is 10.6 Å². The van der Waals surface area contributed by atoms with Gasteiger partial charge in [-0.25, -0.2) is 0 Å². The molecule has 1 radical (unpaired) electrons. The van der Waals surface area contributed by atoms with Crippen LogP contribution in [0, 0.1) is 6.92 Å². The Labute approximate surface area is 58.8 Å². The van der Waals surface area contributed by atoms with Gasteiger partial charge < -0.3 is 5.11 Å². The Balaban J connectivity index is 3.19. The first-order valence-corrected chi connectivity index (χ1v) is 2.89. The van der Waals surface area contributed by atoms with E-state index in [1.165, 1.54) is 12.1 Å². The first-order valence-electron chi connectivity index (χ1n) is 2.89. The number of rotatable bonds is 1. The summed E-state index contributed by atoms with van der Waals surface area (Å²) in [6, 6.07) is 4.56. The molecule has 0 bridgehead atoms. The maximum atomic E-state index is 8.91. The van der Waals surface area contributed by atoms with Crippen molar-refractivity contribution in [2.75, 3.05) is 0 Å². The highest BCUT2D eigenvalue weighted by Crippen LogP contribution is 2.21. The summed E-state index contributed by atoms with van der Waals surface area (Å²) in [7, 11) is 0. The Kier molecular flexibility index (Phi) is 1.67. The van der Waals surface area contributed by atoms with E-state index < -0.39 is 0 Å². The van der Waals surface area contributed by atoms with Gasteiger partial charge in [-0.15, -0.1) is 5.11 Å². The summed E-state index contributed by atoms with van der Waals surface area (Å²) in [6.45, 7) is 1.76. The van der Waals surface area contributed by atoms with Crippen molar-refractivity contribution >= 4 is 5.69 Å². The van der Waals surface area contributed by atoms with Crippen LogP contribution in [0.4, 0.5) is 5.69 Å². The molecule has 10 heavy (non-hydrogen) atoms. The van der Waals surface area contributed by atoms with Gasteiger partial charge in [0.25, 0.3) is 0 Å². The molecule has 51 valence electrons. The highest BCUT2D eigenvalue weighted by molar-refractivity contribution is 5.47. The lowest BCUT2D eigenvalue weighted by Crippen LogP contribution is -1.72. The van der Waals surface area contributed by atoms with Crippen LogP contribution >= 0.6 is 0 Å². The molecule has 1 aromatic rings. The van der Waals surface area contributed by atoms with E-state index in [1.54, 1.807) is 13.0 Å². The predicted molar refractivity (Wildman–Crippen MR) is 37.1 cm³/mol. The predicted octanol–water partition coefficient (Wildman–Crippen LogP) is 1.58. The number of benzene rings is 1. The van der Waals surface area contributed by atoms with Crippen LogP contribution in [-0.2, 0) is 0 Å². The Morgan fingerprint density at radius 1 is 1.50 bits per heavy atom. The van der Waals surface area contributed by atoms with Crippen LogP contribution < -0.4 is 5.53 Å². The fraction of sp³-hybridized carbons (Fsp3) is 0.143. The van der Waals surface area contributed by atoms with Crippen molar-refractivity contribution in [1.29, 1.82) is 0 Å². The largest absolute Gasteiger partial charge is 0.508 e. The zero-order valence-electron chi connectivity index (χ0n) is 5.57. The van der Waals surface area contributed by atoms with Gasteiger partial charge in [-0.3, -0.25) is 0 Å². The third kappa shape index (κ3) is 1.13. The van der Waals surface area contributed by atoms with Crippen LogP contribution in [-0.4, -0.2) is 5.11 Å². The lowest BCUT2D eigenvalue weighted by atomic mass is 10.2. The first kappa shape index (κ1) is 6.74. The molecule has 0 fully saturated rings. The van der Waals surface area contributed by atoms with Gasteiger partial charge in [0.1, 0.15) is 5.75 Å². The monoisotopic (exact) mass is 135 g/mol. The number of hydrogen-bond donors (Lipinski definition) is 1. The molecule has 3 nitrogen and oxygen atoms in total. The minimum absolute atomic E-state index is 0.185. The first-order chi connectivity index (χ1) is 4.74.